The van der Waals surface area contributed by atoms with Crippen LogP contribution >= 0.6 is 0 Å². The first-order valence-electron chi connectivity index (χ1n) is 10.2. The van der Waals surface area contributed by atoms with Crippen LogP contribution in [-0.4, -0.2) is 60.0 Å². The molecule has 30 heavy (non-hydrogen) atoms. The summed E-state index contributed by atoms with van der Waals surface area (Å²) in [5.41, 5.74) is 7.31. The van der Waals surface area contributed by atoms with Gasteiger partial charge < -0.3 is 20.3 Å². The van der Waals surface area contributed by atoms with Crippen LogP contribution in [0.1, 0.15) is 47.6 Å². The highest BCUT2D eigenvalue weighted by molar-refractivity contribution is 5.93. The number of amides is 2. The summed E-state index contributed by atoms with van der Waals surface area (Å²) in [5.74, 6) is 1.17. The Morgan fingerprint density at radius 1 is 1.30 bits per heavy atom. The van der Waals surface area contributed by atoms with Crippen molar-refractivity contribution < 1.29 is 14.3 Å². The van der Waals surface area contributed by atoms with Gasteiger partial charge in [0.1, 0.15) is 11.6 Å². The molecule has 1 aliphatic rings. The van der Waals surface area contributed by atoms with Crippen LogP contribution in [0.15, 0.2) is 30.5 Å². The van der Waals surface area contributed by atoms with Crippen molar-refractivity contribution in [2.45, 2.75) is 32.6 Å². The number of hydrogen-bond donors (Lipinski definition) is 1. The average molecular weight is 412 g/mol. The number of primary amides is 1. The van der Waals surface area contributed by atoms with Crippen LogP contribution in [0.5, 0.6) is 5.75 Å². The lowest BCUT2D eigenvalue weighted by Gasteiger charge is -2.24. The quantitative estimate of drug-likeness (QED) is 0.714. The summed E-state index contributed by atoms with van der Waals surface area (Å²) in [4.78, 5) is 36.9. The Bertz CT molecular complexity index is 900. The van der Waals surface area contributed by atoms with E-state index in [9.17, 15) is 9.59 Å². The Labute approximate surface area is 177 Å². The lowest BCUT2D eigenvalue weighted by molar-refractivity contribution is -0.129. The van der Waals surface area contributed by atoms with Gasteiger partial charge in [-0.15, -0.1) is 0 Å². The molecule has 0 saturated carbocycles. The molecule has 1 saturated heterocycles. The number of methoxy groups -OCH3 is 1. The van der Waals surface area contributed by atoms with Gasteiger partial charge in [-0.1, -0.05) is 0 Å². The summed E-state index contributed by atoms with van der Waals surface area (Å²) >= 11 is 0. The Balaban J connectivity index is 1.56. The van der Waals surface area contributed by atoms with Gasteiger partial charge >= 0.3 is 0 Å². The van der Waals surface area contributed by atoms with E-state index in [1.54, 1.807) is 14.0 Å². The normalized spacial score (nSPS) is 15.8. The molecule has 1 atom stereocenters. The van der Waals surface area contributed by atoms with Crippen LogP contribution in [0, 0.1) is 6.92 Å². The van der Waals surface area contributed by atoms with Gasteiger partial charge in [0, 0.05) is 50.4 Å². The highest BCUT2D eigenvalue weighted by Gasteiger charge is 2.29. The number of benzene rings is 1. The topological polar surface area (TPSA) is 102 Å². The molecule has 0 bridgehead atoms. The van der Waals surface area contributed by atoms with Gasteiger partial charge in [0.25, 0.3) is 5.91 Å². The molecule has 0 aliphatic carbocycles. The lowest BCUT2D eigenvalue weighted by Crippen LogP contribution is -2.33. The summed E-state index contributed by atoms with van der Waals surface area (Å²) in [6.45, 7) is 6.60. The molecule has 1 aromatic carbocycles. The third-order valence-corrected chi connectivity index (χ3v) is 5.58. The second-order valence-electron chi connectivity index (χ2n) is 7.44. The summed E-state index contributed by atoms with van der Waals surface area (Å²) in [6.07, 6.45) is 2.75. The zero-order chi connectivity index (χ0) is 21.7. The van der Waals surface area contributed by atoms with Crippen LogP contribution in [0.25, 0.3) is 0 Å². The van der Waals surface area contributed by atoms with Gasteiger partial charge in [0.2, 0.25) is 5.91 Å². The largest absolute Gasteiger partial charge is 0.497 e. The van der Waals surface area contributed by atoms with E-state index in [4.69, 9.17) is 10.5 Å². The molecule has 2 amide bonds. The van der Waals surface area contributed by atoms with E-state index in [1.165, 1.54) is 6.20 Å². The Kier molecular flexibility index (Phi) is 6.87. The maximum Gasteiger partial charge on any atom is 0.252 e. The van der Waals surface area contributed by atoms with Crippen LogP contribution in [0.3, 0.4) is 0 Å². The van der Waals surface area contributed by atoms with Crippen LogP contribution in [-0.2, 0) is 4.79 Å². The first-order valence-corrected chi connectivity index (χ1v) is 10.2. The van der Waals surface area contributed by atoms with Crippen molar-refractivity contribution in [3.63, 3.8) is 0 Å². The number of rotatable bonds is 8. The van der Waals surface area contributed by atoms with Gasteiger partial charge in [0.05, 0.1) is 18.4 Å². The molecule has 2 N–H and O–H groups in total. The van der Waals surface area contributed by atoms with Crippen LogP contribution < -0.4 is 15.4 Å². The van der Waals surface area contributed by atoms with Crippen molar-refractivity contribution in [2.75, 3.05) is 38.2 Å². The maximum atomic E-state index is 12.8. The number of anilines is 1. The predicted octanol–water partition coefficient (Wildman–Crippen LogP) is 2.13. The average Bonchev–Trinajstić information content (AvgIpc) is 3.24. The van der Waals surface area contributed by atoms with Gasteiger partial charge in [-0.05, 0) is 44.5 Å². The Morgan fingerprint density at radius 3 is 2.63 bits per heavy atom. The molecule has 8 nitrogen and oxygen atoms in total. The van der Waals surface area contributed by atoms with E-state index in [1.807, 2.05) is 29.2 Å². The fourth-order valence-electron chi connectivity index (χ4n) is 3.77. The summed E-state index contributed by atoms with van der Waals surface area (Å²) in [7, 11) is 1.65. The third-order valence-electron chi connectivity index (χ3n) is 5.58. The first kappa shape index (κ1) is 21.5. The molecule has 8 heteroatoms. The number of hydrogen-bond acceptors (Lipinski definition) is 6. The van der Waals surface area contributed by atoms with Crippen molar-refractivity contribution in [1.82, 2.24) is 14.9 Å². The molecule has 160 valence electrons. The van der Waals surface area contributed by atoms with Gasteiger partial charge in [-0.25, -0.2) is 9.97 Å². The van der Waals surface area contributed by atoms with Crippen molar-refractivity contribution in [1.29, 1.82) is 0 Å². The van der Waals surface area contributed by atoms with Crippen LogP contribution in [0.2, 0.25) is 0 Å². The molecule has 3 rings (SSSR count). The highest BCUT2D eigenvalue weighted by atomic mass is 16.5. The minimum atomic E-state index is -0.528. The number of nitrogens with zero attached hydrogens (tertiary/aromatic N) is 4. The molecule has 1 aromatic heterocycles. The molecular weight excluding hydrogens is 382 g/mol. The number of nitrogens with two attached hydrogens (primary N) is 1. The Morgan fingerprint density at radius 2 is 2.03 bits per heavy atom. The maximum absolute atomic E-state index is 12.8. The number of aromatic nitrogens is 2. The van der Waals surface area contributed by atoms with Crippen LogP contribution in [0.4, 0.5) is 5.69 Å². The monoisotopic (exact) mass is 411 g/mol. The van der Waals surface area contributed by atoms with E-state index in [-0.39, 0.29) is 11.8 Å². The SMILES string of the molecule is CCN(CCC(=O)N1CCC(c2ncc(C(N)=O)c(C)n2)C1)c1ccc(OC)cc1. The van der Waals surface area contributed by atoms with Gasteiger partial charge in [-0.2, -0.15) is 0 Å². The number of carbonyl (C=O) groups is 2. The van der Waals surface area contributed by atoms with Crippen molar-refractivity contribution in [3.8, 4) is 5.75 Å². The molecule has 1 aliphatic heterocycles. The number of carbonyl (C=O) groups excluding carboxylic acids is 2. The summed E-state index contributed by atoms with van der Waals surface area (Å²) < 4.78 is 5.21. The van der Waals surface area contributed by atoms with Crippen molar-refractivity contribution in [2.24, 2.45) is 5.73 Å². The fraction of sp³-hybridized carbons (Fsp3) is 0.455. The van der Waals surface area contributed by atoms with E-state index >= 15 is 0 Å². The number of likely N-dealkylation sites (tertiary alicyclic amines) is 1. The smallest absolute Gasteiger partial charge is 0.252 e. The number of ether oxygens (including phenoxy) is 1. The highest BCUT2D eigenvalue weighted by Crippen LogP contribution is 2.26. The van der Waals surface area contributed by atoms with Crippen molar-refractivity contribution in [3.05, 3.63) is 47.5 Å². The van der Waals surface area contributed by atoms with E-state index in [2.05, 4.69) is 21.8 Å². The molecule has 2 aromatic rings. The number of aryl methyl sites for hydroxylation is 1. The predicted molar refractivity (Wildman–Crippen MR) is 115 cm³/mol. The minimum Gasteiger partial charge on any atom is -0.497 e. The molecule has 0 radical (unpaired) electrons. The fourth-order valence-corrected chi connectivity index (χ4v) is 3.77. The second-order valence-corrected chi connectivity index (χ2v) is 7.44. The standard InChI is InChI=1S/C22H29N5O3/c1-4-26(17-5-7-18(30-3)8-6-17)12-10-20(28)27-11-9-16(14-27)22-24-13-19(21(23)29)15(2)25-22/h5-8,13,16H,4,9-12,14H2,1-3H3,(H2,23,29). The van der Waals surface area contributed by atoms with Gasteiger partial charge in [-0.3, -0.25) is 9.59 Å². The minimum absolute atomic E-state index is 0.0819. The Hall–Kier alpha value is -3.16. The van der Waals surface area contributed by atoms with E-state index in [0.717, 1.165) is 24.4 Å². The molecule has 0 spiro atoms. The van der Waals surface area contributed by atoms with Crippen molar-refractivity contribution >= 4 is 17.5 Å². The molecule has 1 fully saturated rings. The zero-order valence-electron chi connectivity index (χ0n) is 17.8. The molecular formula is C22H29N5O3. The molecule has 1 unspecified atom stereocenters. The molecule has 2 heterocycles. The zero-order valence-corrected chi connectivity index (χ0v) is 17.8. The second kappa shape index (κ2) is 9.56. The van der Waals surface area contributed by atoms with Gasteiger partial charge in [0.15, 0.2) is 0 Å². The summed E-state index contributed by atoms with van der Waals surface area (Å²) in [5, 5.41) is 0. The third kappa shape index (κ3) is 4.87. The lowest BCUT2D eigenvalue weighted by atomic mass is 10.1. The van der Waals surface area contributed by atoms with E-state index < -0.39 is 5.91 Å². The van der Waals surface area contributed by atoms with E-state index in [0.29, 0.717) is 43.1 Å². The summed E-state index contributed by atoms with van der Waals surface area (Å²) in [6, 6.07) is 7.87. The first-order chi connectivity index (χ1) is 14.4.